The van der Waals surface area contributed by atoms with Crippen LogP contribution in [0.5, 0.6) is 0 Å². The molecule has 2 aromatic rings. The number of amides is 3. The van der Waals surface area contributed by atoms with Crippen LogP contribution in [0.25, 0.3) is 0 Å². The Morgan fingerprint density at radius 2 is 1.46 bits per heavy atom. The number of aryl methyl sites for hydroxylation is 1. The number of hydrogen-bond acceptors (Lipinski definition) is 3. The van der Waals surface area contributed by atoms with Crippen LogP contribution in [-0.4, -0.2) is 35.7 Å². The first kappa shape index (κ1) is 18.4. The standard InChI is InChI=1S/C19H16Cl2N2O3/c1-10-4-6-12(7-5-10)22(3)17(24)11(2)23-18(25)13-8-15(20)16(21)9-14(13)19(23)26/h4-9,11H,1-3H3. The minimum absolute atomic E-state index is 0.155. The highest BCUT2D eigenvalue weighted by molar-refractivity contribution is 6.43. The molecule has 0 aliphatic carbocycles. The van der Waals surface area contributed by atoms with Crippen molar-refractivity contribution < 1.29 is 14.4 Å². The first-order chi connectivity index (χ1) is 12.2. The van der Waals surface area contributed by atoms with Crippen LogP contribution < -0.4 is 4.90 Å². The van der Waals surface area contributed by atoms with Crippen LogP contribution in [0.1, 0.15) is 33.2 Å². The maximum atomic E-state index is 12.8. The monoisotopic (exact) mass is 390 g/mol. The maximum absolute atomic E-state index is 12.8. The lowest BCUT2D eigenvalue weighted by Gasteiger charge is -2.26. The molecule has 0 saturated heterocycles. The Balaban J connectivity index is 1.89. The Labute approximate surface area is 161 Å². The molecule has 0 aromatic heterocycles. The van der Waals surface area contributed by atoms with E-state index in [0.717, 1.165) is 10.5 Å². The number of halogens is 2. The second kappa shape index (κ2) is 6.74. The van der Waals surface area contributed by atoms with Crippen LogP contribution in [0.3, 0.4) is 0 Å². The second-order valence-corrected chi connectivity index (χ2v) is 7.02. The summed E-state index contributed by atoms with van der Waals surface area (Å²) in [7, 11) is 1.61. The van der Waals surface area contributed by atoms with Crippen LogP contribution >= 0.6 is 23.2 Å². The number of benzene rings is 2. The van der Waals surface area contributed by atoms with Crippen molar-refractivity contribution in [2.75, 3.05) is 11.9 Å². The molecule has 1 aliphatic heterocycles. The van der Waals surface area contributed by atoms with Gasteiger partial charge in [0.25, 0.3) is 11.8 Å². The topological polar surface area (TPSA) is 57.7 Å². The highest BCUT2D eigenvalue weighted by atomic mass is 35.5. The van der Waals surface area contributed by atoms with Crippen molar-refractivity contribution in [2.45, 2.75) is 19.9 Å². The van der Waals surface area contributed by atoms with Gasteiger partial charge >= 0.3 is 0 Å². The Morgan fingerprint density at radius 3 is 1.92 bits per heavy atom. The highest BCUT2D eigenvalue weighted by Gasteiger charge is 2.42. The number of carbonyl (C=O) groups is 3. The van der Waals surface area contributed by atoms with Crippen LogP contribution in [0.4, 0.5) is 5.69 Å². The minimum Gasteiger partial charge on any atom is -0.314 e. The summed E-state index contributed by atoms with van der Waals surface area (Å²) >= 11 is 11.9. The van der Waals surface area contributed by atoms with Crippen LogP contribution in [0.2, 0.25) is 10.0 Å². The van der Waals surface area contributed by atoms with E-state index in [1.54, 1.807) is 7.05 Å². The van der Waals surface area contributed by atoms with Gasteiger partial charge in [-0.25, -0.2) is 0 Å². The van der Waals surface area contributed by atoms with Gasteiger partial charge < -0.3 is 4.90 Å². The molecule has 26 heavy (non-hydrogen) atoms. The minimum atomic E-state index is -0.966. The van der Waals surface area contributed by atoms with Crippen molar-refractivity contribution >= 4 is 46.6 Å². The molecule has 1 unspecified atom stereocenters. The molecule has 1 heterocycles. The lowest BCUT2D eigenvalue weighted by atomic mass is 10.1. The van der Waals surface area contributed by atoms with E-state index in [0.29, 0.717) is 5.69 Å². The molecule has 0 saturated carbocycles. The molecule has 0 N–H and O–H groups in total. The van der Waals surface area contributed by atoms with Gasteiger partial charge in [0.2, 0.25) is 5.91 Å². The molecular weight excluding hydrogens is 375 g/mol. The molecule has 0 fully saturated rings. The fourth-order valence-corrected chi connectivity index (χ4v) is 3.22. The third kappa shape index (κ3) is 2.97. The summed E-state index contributed by atoms with van der Waals surface area (Å²) in [5, 5.41) is 0.369. The fourth-order valence-electron chi connectivity index (χ4n) is 2.89. The third-order valence-electron chi connectivity index (χ3n) is 4.46. The SMILES string of the molecule is Cc1ccc(N(C)C(=O)C(C)N2C(=O)c3cc(Cl)c(Cl)cc3C2=O)cc1. The van der Waals surface area contributed by atoms with Gasteiger partial charge in [0.05, 0.1) is 21.2 Å². The number of imide groups is 1. The zero-order valence-electron chi connectivity index (χ0n) is 14.4. The molecule has 134 valence electrons. The summed E-state index contributed by atoms with van der Waals surface area (Å²) in [5.41, 5.74) is 2.05. The van der Waals surface area contributed by atoms with Gasteiger partial charge in [-0.2, -0.15) is 0 Å². The Morgan fingerprint density at radius 1 is 1.00 bits per heavy atom. The average molecular weight is 391 g/mol. The quantitative estimate of drug-likeness (QED) is 0.745. The number of anilines is 1. The first-order valence-corrected chi connectivity index (χ1v) is 8.69. The van der Waals surface area contributed by atoms with Crippen LogP contribution in [-0.2, 0) is 4.79 Å². The van der Waals surface area contributed by atoms with Gasteiger partial charge in [0.1, 0.15) is 6.04 Å². The predicted molar refractivity (Wildman–Crippen MR) is 101 cm³/mol. The Hall–Kier alpha value is -2.37. The zero-order chi connectivity index (χ0) is 19.2. The average Bonchev–Trinajstić information content (AvgIpc) is 2.85. The van der Waals surface area contributed by atoms with Gasteiger partial charge in [0, 0.05) is 12.7 Å². The number of nitrogens with zero attached hydrogens (tertiary/aromatic N) is 2. The highest BCUT2D eigenvalue weighted by Crippen LogP contribution is 2.32. The lowest BCUT2D eigenvalue weighted by molar-refractivity contribution is -0.121. The van der Waals surface area contributed by atoms with E-state index >= 15 is 0 Å². The Bertz CT molecular complexity index is 884. The molecule has 1 atom stereocenters. The van der Waals surface area contributed by atoms with Crippen LogP contribution in [0, 0.1) is 6.92 Å². The molecule has 2 aromatic carbocycles. The summed E-state index contributed by atoms with van der Waals surface area (Å²) in [4.78, 5) is 40.5. The summed E-state index contributed by atoms with van der Waals surface area (Å²) in [5.74, 6) is -1.48. The predicted octanol–water partition coefficient (Wildman–Crippen LogP) is 3.95. The maximum Gasteiger partial charge on any atom is 0.262 e. The van der Waals surface area contributed by atoms with E-state index in [-0.39, 0.29) is 27.1 Å². The van der Waals surface area contributed by atoms with Crippen molar-refractivity contribution in [1.82, 2.24) is 4.90 Å². The molecule has 5 nitrogen and oxygen atoms in total. The van der Waals surface area contributed by atoms with Crippen LogP contribution in [0.15, 0.2) is 36.4 Å². The normalized spacial score (nSPS) is 14.4. The summed E-state index contributed by atoms with van der Waals surface area (Å²) in [6, 6.07) is 9.14. The van der Waals surface area contributed by atoms with Crippen molar-refractivity contribution in [3.05, 3.63) is 63.1 Å². The lowest BCUT2D eigenvalue weighted by Crippen LogP contribution is -2.48. The largest absolute Gasteiger partial charge is 0.314 e. The van der Waals surface area contributed by atoms with Gasteiger partial charge in [-0.15, -0.1) is 0 Å². The van der Waals surface area contributed by atoms with Gasteiger partial charge in [-0.1, -0.05) is 40.9 Å². The van der Waals surface area contributed by atoms with E-state index in [1.807, 2.05) is 31.2 Å². The van der Waals surface area contributed by atoms with E-state index in [4.69, 9.17) is 23.2 Å². The smallest absolute Gasteiger partial charge is 0.262 e. The molecule has 3 rings (SSSR count). The zero-order valence-corrected chi connectivity index (χ0v) is 15.9. The van der Waals surface area contributed by atoms with Crippen molar-refractivity contribution in [3.8, 4) is 0 Å². The number of likely N-dealkylation sites (N-methyl/N-ethyl adjacent to an activating group) is 1. The van der Waals surface area contributed by atoms with Crippen molar-refractivity contribution in [1.29, 1.82) is 0 Å². The summed E-state index contributed by atoms with van der Waals surface area (Å²) < 4.78 is 0. The third-order valence-corrected chi connectivity index (χ3v) is 5.18. The van der Waals surface area contributed by atoms with E-state index in [1.165, 1.54) is 24.0 Å². The molecule has 0 spiro atoms. The number of fused-ring (bicyclic) bond motifs is 1. The second-order valence-electron chi connectivity index (χ2n) is 6.20. The molecule has 1 aliphatic rings. The van der Waals surface area contributed by atoms with Gasteiger partial charge in [-0.05, 0) is 38.1 Å². The van der Waals surface area contributed by atoms with E-state index in [2.05, 4.69) is 0 Å². The van der Waals surface area contributed by atoms with Gasteiger partial charge in [0.15, 0.2) is 0 Å². The number of carbonyl (C=O) groups excluding carboxylic acids is 3. The van der Waals surface area contributed by atoms with E-state index in [9.17, 15) is 14.4 Å². The van der Waals surface area contributed by atoms with E-state index < -0.39 is 17.9 Å². The van der Waals surface area contributed by atoms with Crippen molar-refractivity contribution in [2.24, 2.45) is 0 Å². The molecule has 0 radical (unpaired) electrons. The molecule has 3 amide bonds. The first-order valence-electron chi connectivity index (χ1n) is 7.93. The molecular formula is C19H16Cl2N2O3. The molecule has 0 bridgehead atoms. The molecule has 7 heteroatoms. The van der Waals surface area contributed by atoms with Crippen molar-refractivity contribution in [3.63, 3.8) is 0 Å². The number of hydrogen-bond donors (Lipinski definition) is 0. The fraction of sp³-hybridized carbons (Fsp3) is 0.211. The summed E-state index contributed by atoms with van der Waals surface area (Å²) in [6.45, 7) is 3.47. The Kier molecular flexibility index (Phi) is 4.78. The summed E-state index contributed by atoms with van der Waals surface area (Å²) in [6.07, 6.45) is 0. The van der Waals surface area contributed by atoms with Gasteiger partial charge in [-0.3, -0.25) is 19.3 Å². The number of rotatable bonds is 3.